The monoisotopic (exact) mass is 232 g/mol. The Kier molecular flexibility index (Phi) is 5.61. The first-order chi connectivity index (χ1) is 8.22. The van der Waals surface area contributed by atoms with E-state index in [9.17, 15) is 0 Å². The predicted molar refractivity (Wildman–Crippen MR) is 68.1 cm³/mol. The van der Waals surface area contributed by atoms with E-state index in [0.717, 1.165) is 18.7 Å². The zero-order valence-corrected chi connectivity index (χ0v) is 10.5. The molecule has 0 saturated heterocycles. The number of rotatable bonds is 6. The van der Waals surface area contributed by atoms with Crippen LogP contribution < -0.4 is 5.73 Å². The molecule has 0 aliphatic rings. The largest absolute Gasteiger partial charge is 0.329 e. The van der Waals surface area contributed by atoms with Crippen molar-refractivity contribution in [2.75, 3.05) is 19.6 Å². The summed E-state index contributed by atoms with van der Waals surface area (Å²) in [6.45, 7) is 6.17. The molecule has 2 unspecified atom stereocenters. The highest BCUT2D eigenvalue weighted by molar-refractivity contribution is 5.14. The Bertz CT molecular complexity index is 357. The number of aromatic nitrogens is 1. The van der Waals surface area contributed by atoms with Gasteiger partial charge in [-0.2, -0.15) is 5.26 Å². The summed E-state index contributed by atoms with van der Waals surface area (Å²) < 4.78 is 0. The summed E-state index contributed by atoms with van der Waals surface area (Å²) >= 11 is 0. The molecule has 1 aromatic heterocycles. The second-order valence-electron chi connectivity index (χ2n) is 4.16. The topological polar surface area (TPSA) is 65.9 Å². The van der Waals surface area contributed by atoms with E-state index in [0.29, 0.717) is 6.54 Å². The first-order valence-corrected chi connectivity index (χ1v) is 5.96. The van der Waals surface area contributed by atoms with Crippen LogP contribution in [0.3, 0.4) is 0 Å². The molecule has 0 aliphatic heterocycles. The third kappa shape index (κ3) is 3.81. The highest BCUT2D eigenvalue weighted by Crippen LogP contribution is 2.19. The third-order valence-corrected chi connectivity index (χ3v) is 2.87. The van der Waals surface area contributed by atoms with E-state index in [1.54, 1.807) is 6.20 Å². The minimum Gasteiger partial charge on any atom is -0.329 e. The van der Waals surface area contributed by atoms with Gasteiger partial charge in [0.25, 0.3) is 0 Å². The normalized spacial score (nSPS) is 14.3. The molecule has 4 heteroatoms. The van der Waals surface area contributed by atoms with Gasteiger partial charge in [0.05, 0.1) is 12.0 Å². The van der Waals surface area contributed by atoms with Crippen LogP contribution in [0.25, 0.3) is 0 Å². The molecule has 1 rings (SSSR count). The first kappa shape index (κ1) is 13.6. The van der Waals surface area contributed by atoms with Crippen molar-refractivity contribution >= 4 is 0 Å². The van der Waals surface area contributed by atoms with Crippen LogP contribution in [-0.4, -0.2) is 29.5 Å². The van der Waals surface area contributed by atoms with Gasteiger partial charge in [0, 0.05) is 31.5 Å². The van der Waals surface area contributed by atoms with Gasteiger partial charge in [0.2, 0.25) is 0 Å². The Labute approximate surface area is 103 Å². The van der Waals surface area contributed by atoms with E-state index >= 15 is 0 Å². The molecule has 0 spiro atoms. The highest BCUT2D eigenvalue weighted by Gasteiger charge is 2.19. The van der Waals surface area contributed by atoms with Gasteiger partial charge in [-0.1, -0.05) is 13.0 Å². The number of pyridine rings is 1. The van der Waals surface area contributed by atoms with Crippen LogP contribution in [0.1, 0.15) is 25.5 Å². The Balaban J connectivity index is 2.81. The lowest BCUT2D eigenvalue weighted by molar-refractivity contribution is 0.197. The number of likely N-dealkylation sites (N-methyl/N-ethyl adjacent to an activating group) is 1. The van der Waals surface area contributed by atoms with Gasteiger partial charge in [-0.3, -0.25) is 9.88 Å². The van der Waals surface area contributed by atoms with Gasteiger partial charge in [-0.15, -0.1) is 0 Å². The molecule has 0 bridgehead atoms. The summed E-state index contributed by atoms with van der Waals surface area (Å²) in [7, 11) is 0. The fourth-order valence-electron chi connectivity index (χ4n) is 1.94. The Morgan fingerprint density at radius 3 is 2.82 bits per heavy atom. The molecule has 4 nitrogen and oxygen atoms in total. The van der Waals surface area contributed by atoms with Crippen molar-refractivity contribution < 1.29 is 0 Å². The maximum Gasteiger partial charge on any atom is 0.0666 e. The van der Waals surface area contributed by atoms with Crippen molar-refractivity contribution in [3.63, 3.8) is 0 Å². The van der Waals surface area contributed by atoms with E-state index in [1.807, 2.05) is 25.3 Å². The predicted octanol–water partition coefficient (Wildman–Crippen LogP) is 1.56. The van der Waals surface area contributed by atoms with E-state index < -0.39 is 0 Å². The van der Waals surface area contributed by atoms with Crippen molar-refractivity contribution in [1.29, 1.82) is 5.26 Å². The van der Waals surface area contributed by atoms with Crippen LogP contribution in [0.4, 0.5) is 0 Å². The Morgan fingerprint density at radius 2 is 2.35 bits per heavy atom. The van der Waals surface area contributed by atoms with Crippen molar-refractivity contribution in [1.82, 2.24) is 9.88 Å². The lowest BCUT2D eigenvalue weighted by atomic mass is 10.1. The van der Waals surface area contributed by atoms with Gasteiger partial charge < -0.3 is 5.73 Å². The van der Waals surface area contributed by atoms with Gasteiger partial charge in [0.1, 0.15) is 0 Å². The van der Waals surface area contributed by atoms with Gasteiger partial charge in [-0.25, -0.2) is 0 Å². The fourth-order valence-corrected chi connectivity index (χ4v) is 1.94. The van der Waals surface area contributed by atoms with Crippen LogP contribution in [0.5, 0.6) is 0 Å². The van der Waals surface area contributed by atoms with Crippen LogP contribution in [0, 0.1) is 17.2 Å². The second-order valence-corrected chi connectivity index (χ2v) is 4.16. The molecule has 0 aliphatic carbocycles. The SMILES string of the molecule is CCN(CC(C)C#N)C(CN)c1cccnc1. The molecule has 2 atom stereocenters. The average molecular weight is 232 g/mol. The van der Waals surface area contributed by atoms with Crippen molar-refractivity contribution in [2.45, 2.75) is 19.9 Å². The third-order valence-electron chi connectivity index (χ3n) is 2.87. The summed E-state index contributed by atoms with van der Waals surface area (Å²) in [6.07, 6.45) is 3.60. The van der Waals surface area contributed by atoms with Gasteiger partial charge in [0.15, 0.2) is 0 Å². The molecule has 92 valence electrons. The van der Waals surface area contributed by atoms with Crippen LogP contribution in [-0.2, 0) is 0 Å². The number of nitrogens with zero attached hydrogens (tertiary/aromatic N) is 3. The quantitative estimate of drug-likeness (QED) is 0.808. The number of nitriles is 1. The van der Waals surface area contributed by atoms with E-state index in [2.05, 4.69) is 22.9 Å². The molecule has 1 aromatic rings. The zero-order chi connectivity index (χ0) is 12.7. The summed E-state index contributed by atoms with van der Waals surface area (Å²) in [6, 6.07) is 6.35. The summed E-state index contributed by atoms with van der Waals surface area (Å²) in [4.78, 5) is 6.35. The minimum absolute atomic E-state index is 0.0145. The van der Waals surface area contributed by atoms with Crippen molar-refractivity contribution in [2.24, 2.45) is 11.7 Å². The number of hydrogen-bond donors (Lipinski definition) is 1. The standard InChI is InChI=1S/C13H20N4/c1-3-17(10-11(2)7-14)13(8-15)12-5-4-6-16-9-12/h4-6,9,11,13H,3,8,10,15H2,1-2H3. The summed E-state index contributed by atoms with van der Waals surface area (Å²) in [5.41, 5.74) is 6.96. The van der Waals surface area contributed by atoms with E-state index in [4.69, 9.17) is 11.0 Å². The molecule has 0 aromatic carbocycles. The van der Waals surface area contributed by atoms with E-state index in [-0.39, 0.29) is 12.0 Å². The van der Waals surface area contributed by atoms with E-state index in [1.165, 1.54) is 0 Å². The molecule has 0 radical (unpaired) electrons. The van der Waals surface area contributed by atoms with Crippen LogP contribution >= 0.6 is 0 Å². The molecule has 1 heterocycles. The maximum absolute atomic E-state index is 8.88. The Morgan fingerprint density at radius 1 is 1.59 bits per heavy atom. The second kappa shape index (κ2) is 7.00. The summed E-state index contributed by atoms with van der Waals surface area (Å²) in [5.74, 6) is 0.0145. The summed E-state index contributed by atoms with van der Waals surface area (Å²) in [5, 5.41) is 8.88. The fraction of sp³-hybridized carbons (Fsp3) is 0.538. The molecule has 0 fully saturated rings. The van der Waals surface area contributed by atoms with Crippen LogP contribution in [0.2, 0.25) is 0 Å². The lowest BCUT2D eigenvalue weighted by Gasteiger charge is -2.30. The average Bonchev–Trinajstić information content (AvgIpc) is 2.39. The highest BCUT2D eigenvalue weighted by atomic mass is 15.2. The van der Waals surface area contributed by atoms with Crippen molar-refractivity contribution in [3.8, 4) is 6.07 Å². The molecule has 0 amide bonds. The first-order valence-electron chi connectivity index (χ1n) is 5.96. The molecule has 17 heavy (non-hydrogen) atoms. The number of nitrogens with two attached hydrogens (primary N) is 1. The zero-order valence-electron chi connectivity index (χ0n) is 10.5. The Hall–Kier alpha value is -1.44. The number of hydrogen-bond acceptors (Lipinski definition) is 4. The molecule has 0 saturated carbocycles. The van der Waals surface area contributed by atoms with Gasteiger partial charge in [-0.05, 0) is 25.1 Å². The van der Waals surface area contributed by atoms with Crippen LogP contribution in [0.15, 0.2) is 24.5 Å². The molecular formula is C13H20N4. The van der Waals surface area contributed by atoms with Crippen molar-refractivity contribution in [3.05, 3.63) is 30.1 Å². The maximum atomic E-state index is 8.88. The molecular weight excluding hydrogens is 212 g/mol. The lowest BCUT2D eigenvalue weighted by Crippen LogP contribution is -2.36. The smallest absolute Gasteiger partial charge is 0.0666 e. The van der Waals surface area contributed by atoms with Gasteiger partial charge >= 0.3 is 0 Å². The minimum atomic E-state index is 0.0145. The molecule has 2 N–H and O–H groups in total.